The van der Waals surface area contributed by atoms with E-state index in [1.165, 1.54) is 24.3 Å². The summed E-state index contributed by atoms with van der Waals surface area (Å²) in [6.45, 7) is 0.175. The van der Waals surface area contributed by atoms with Gasteiger partial charge in [0.25, 0.3) is 5.69 Å². The first-order valence-electron chi connectivity index (χ1n) is 7.30. The van der Waals surface area contributed by atoms with Crippen LogP contribution in [0.5, 0.6) is 0 Å². The lowest BCUT2D eigenvalue weighted by Gasteiger charge is -2.01. The highest BCUT2D eigenvalue weighted by molar-refractivity contribution is 5.95. The third-order valence-corrected chi connectivity index (χ3v) is 3.63. The second-order valence-electron chi connectivity index (χ2n) is 5.22. The van der Waals surface area contributed by atoms with Crippen molar-refractivity contribution < 1.29 is 14.3 Å². The number of carbonyl (C=O) groups is 1. The summed E-state index contributed by atoms with van der Waals surface area (Å²) < 4.78 is 1.77. The van der Waals surface area contributed by atoms with Gasteiger partial charge < -0.3 is 0 Å². The Hall–Kier alpha value is -3.41. The van der Waals surface area contributed by atoms with Crippen molar-refractivity contribution in [2.45, 2.75) is 6.54 Å². The summed E-state index contributed by atoms with van der Waals surface area (Å²) >= 11 is 0. The van der Waals surface area contributed by atoms with E-state index in [2.05, 4.69) is 4.98 Å². The second-order valence-corrected chi connectivity index (χ2v) is 5.22. The number of carbonyl (C=O) groups excluding carboxylic acids is 1. The van der Waals surface area contributed by atoms with Crippen LogP contribution in [-0.4, -0.2) is 15.7 Å². The van der Waals surface area contributed by atoms with Gasteiger partial charge in [-0.3, -0.25) is 19.9 Å². The maximum absolute atomic E-state index is 12.3. The number of hydrogen-bond acceptors (Lipinski definition) is 4. The van der Waals surface area contributed by atoms with E-state index in [1.54, 1.807) is 17.0 Å². The van der Waals surface area contributed by atoms with E-state index < -0.39 is 4.92 Å². The summed E-state index contributed by atoms with van der Waals surface area (Å²) in [5.74, 6) is -0.105. The summed E-state index contributed by atoms with van der Waals surface area (Å²) in [6, 6.07) is 13.3. The lowest BCUT2D eigenvalue weighted by Crippen LogP contribution is -2.37. The molecule has 0 amide bonds. The van der Waals surface area contributed by atoms with Crippen molar-refractivity contribution in [1.82, 2.24) is 4.98 Å². The number of rotatable bonds is 5. The Labute approximate surface area is 138 Å². The van der Waals surface area contributed by atoms with Crippen LogP contribution in [0.4, 0.5) is 5.69 Å². The molecule has 0 saturated heterocycles. The first kappa shape index (κ1) is 15.5. The molecule has 0 aliphatic carbocycles. The standard InChI is InChI=1S/C18H14N3O3/c22-18(16-1-3-17(4-2-16)21(23)24)13-20-11-7-15(8-12-20)14-5-9-19-10-6-14/h1-12H,13H2/q+1. The number of pyridine rings is 2. The Morgan fingerprint density at radius 1 is 0.958 bits per heavy atom. The van der Waals surface area contributed by atoms with E-state index >= 15 is 0 Å². The summed E-state index contributed by atoms with van der Waals surface area (Å²) in [7, 11) is 0. The number of aromatic nitrogens is 2. The van der Waals surface area contributed by atoms with Gasteiger partial charge in [-0.15, -0.1) is 0 Å². The van der Waals surface area contributed by atoms with Gasteiger partial charge in [0.05, 0.1) is 4.92 Å². The van der Waals surface area contributed by atoms with Gasteiger partial charge in [-0.05, 0) is 35.4 Å². The van der Waals surface area contributed by atoms with Crippen LogP contribution in [0, 0.1) is 10.1 Å². The van der Waals surface area contributed by atoms with Crippen molar-refractivity contribution >= 4 is 11.5 Å². The molecular weight excluding hydrogens is 306 g/mol. The summed E-state index contributed by atoms with van der Waals surface area (Å²) in [5.41, 5.74) is 2.52. The normalized spacial score (nSPS) is 10.3. The molecule has 24 heavy (non-hydrogen) atoms. The van der Waals surface area contributed by atoms with Crippen LogP contribution in [-0.2, 0) is 6.54 Å². The van der Waals surface area contributed by atoms with E-state index in [4.69, 9.17) is 0 Å². The third kappa shape index (κ3) is 3.49. The van der Waals surface area contributed by atoms with Crippen molar-refractivity contribution in [3.8, 4) is 11.1 Å². The van der Waals surface area contributed by atoms with Gasteiger partial charge in [0.1, 0.15) is 0 Å². The fourth-order valence-corrected chi connectivity index (χ4v) is 2.33. The Kier molecular flexibility index (Phi) is 4.38. The molecule has 0 aliphatic rings. The summed E-state index contributed by atoms with van der Waals surface area (Å²) in [4.78, 5) is 26.4. The second kappa shape index (κ2) is 6.78. The van der Waals surface area contributed by atoms with Crippen molar-refractivity contribution in [2.75, 3.05) is 0 Å². The molecule has 0 unspecified atom stereocenters. The minimum absolute atomic E-state index is 0.0269. The Balaban J connectivity index is 1.71. The molecule has 0 fully saturated rings. The lowest BCUT2D eigenvalue weighted by atomic mass is 10.1. The summed E-state index contributed by atoms with van der Waals surface area (Å²) in [5, 5.41) is 10.6. The first-order chi connectivity index (χ1) is 11.6. The highest BCUT2D eigenvalue weighted by Gasteiger charge is 2.14. The molecule has 0 radical (unpaired) electrons. The molecule has 0 spiro atoms. The topological polar surface area (TPSA) is 77.0 Å². The molecule has 3 aromatic rings. The molecule has 1 aromatic carbocycles. The lowest BCUT2D eigenvalue weighted by molar-refractivity contribution is -0.683. The number of nitro benzene ring substituents is 1. The number of ketones is 1. The molecule has 0 saturated carbocycles. The third-order valence-electron chi connectivity index (χ3n) is 3.63. The van der Waals surface area contributed by atoms with Gasteiger partial charge in [-0.1, -0.05) is 0 Å². The van der Waals surface area contributed by atoms with Crippen LogP contribution in [0.15, 0.2) is 73.3 Å². The molecule has 0 bridgehead atoms. The fourth-order valence-electron chi connectivity index (χ4n) is 2.33. The van der Waals surface area contributed by atoms with E-state index in [0.717, 1.165) is 11.1 Å². The molecule has 6 nitrogen and oxygen atoms in total. The van der Waals surface area contributed by atoms with Crippen molar-refractivity contribution in [2.24, 2.45) is 0 Å². The average molecular weight is 320 g/mol. The molecule has 2 heterocycles. The Morgan fingerprint density at radius 3 is 2.12 bits per heavy atom. The van der Waals surface area contributed by atoms with Gasteiger partial charge in [0.15, 0.2) is 12.4 Å². The maximum Gasteiger partial charge on any atom is 0.269 e. The zero-order valence-electron chi connectivity index (χ0n) is 12.7. The maximum atomic E-state index is 12.3. The highest BCUT2D eigenvalue weighted by Crippen LogP contribution is 2.16. The molecule has 0 aliphatic heterocycles. The number of nitrogens with zero attached hydrogens (tertiary/aromatic N) is 3. The summed E-state index contributed by atoms with van der Waals surface area (Å²) in [6.07, 6.45) is 7.13. The highest BCUT2D eigenvalue weighted by atomic mass is 16.6. The van der Waals surface area contributed by atoms with Crippen LogP contribution >= 0.6 is 0 Å². The number of hydrogen-bond donors (Lipinski definition) is 0. The predicted molar refractivity (Wildman–Crippen MR) is 87.3 cm³/mol. The van der Waals surface area contributed by atoms with Gasteiger partial charge >= 0.3 is 0 Å². The molecular formula is C18H14N3O3+. The number of Topliss-reactive ketones (excluding diaryl/α,β-unsaturated/α-hetero) is 1. The first-order valence-corrected chi connectivity index (χ1v) is 7.30. The van der Waals surface area contributed by atoms with E-state index in [1.807, 2.05) is 36.7 Å². The van der Waals surface area contributed by atoms with Gasteiger partial charge in [-0.25, -0.2) is 0 Å². The predicted octanol–water partition coefficient (Wildman–Crippen LogP) is 2.83. The minimum atomic E-state index is -0.485. The minimum Gasteiger partial charge on any atom is -0.287 e. The molecule has 2 aromatic heterocycles. The van der Waals surface area contributed by atoms with E-state index in [-0.39, 0.29) is 18.0 Å². The van der Waals surface area contributed by atoms with Crippen molar-refractivity contribution in [3.63, 3.8) is 0 Å². The molecule has 0 N–H and O–H groups in total. The largest absolute Gasteiger partial charge is 0.287 e. The quantitative estimate of drug-likeness (QED) is 0.313. The van der Waals surface area contributed by atoms with E-state index in [9.17, 15) is 14.9 Å². The number of benzene rings is 1. The molecule has 118 valence electrons. The zero-order valence-corrected chi connectivity index (χ0v) is 12.7. The van der Waals surface area contributed by atoms with Crippen LogP contribution in [0.25, 0.3) is 11.1 Å². The SMILES string of the molecule is O=C(C[n+]1ccc(-c2ccncc2)cc1)c1ccc([N+](=O)[O-])cc1. The number of nitro groups is 1. The van der Waals surface area contributed by atoms with Crippen molar-refractivity contribution in [3.05, 3.63) is 89.0 Å². The monoisotopic (exact) mass is 320 g/mol. The smallest absolute Gasteiger partial charge is 0.269 e. The van der Waals surface area contributed by atoms with Crippen LogP contribution in [0.1, 0.15) is 10.4 Å². The Bertz CT molecular complexity index is 860. The Morgan fingerprint density at radius 2 is 1.54 bits per heavy atom. The fraction of sp³-hybridized carbons (Fsp3) is 0.0556. The van der Waals surface area contributed by atoms with Gasteiger partial charge in [0, 0.05) is 42.2 Å². The van der Waals surface area contributed by atoms with Crippen LogP contribution in [0.3, 0.4) is 0 Å². The molecule has 6 heteroatoms. The van der Waals surface area contributed by atoms with E-state index in [0.29, 0.717) is 5.56 Å². The van der Waals surface area contributed by atoms with Crippen molar-refractivity contribution in [1.29, 1.82) is 0 Å². The molecule has 0 atom stereocenters. The van der Waals surface area contributed by atoms with Gasteiger partial charge in [-0.2, -0.15) is 4.57 Å². The van der Waals surface area contributed by atoms with Gasteiger partial charge in [0.2, 0.25) is 12.3 Å². The number of non-ortho nitro benzene ring substituents is 1. The molecule has 3 rings (SSSR count). The van der Waals surface area contributed by atoms with Crippen LogP contribution < -0.4 is 4.57 Å². The average Bonchev–Trinajstić information content (AvgIpc) is 2.63. The van der Waals surface area contributed by atoms with Crippen LogP contribution in [0.2, 0.25) is 0 Å². The zero-order chi connectivity index (χ0) is 16.9.